The number of nitrogens with one attached hydrogen (secondary N) is 3. The number of halogens is 3. The summed E-state index contributed by atoms with van der Waals surface area (Å²) in [5.74, 6) is 0.0445. The topological polar surface area (TPSA) is 127 Å². The van der Waals surface area contributed by atoms with Crippen LogP contribution in [0.5, 0.6) is 11.5 Å². The molecule has 1 saturated heterocycles. The monoisotopic (exact) mass is 519 g/mol. The molecule has 13 heteroatoms. The molecule has 196 valence electrons. The number of carbonyl (C=O) groups excluding carboxylic acids is 1. The third-order valence-corrected chi connectivity index (χ3v) is 5.37. The average Bonchev–Trinajstić information content (AvgIpc) is 2.81. The van der Waals surface area contributed by atoms with E-state index in [0.717, 1.165) is 12.1 Å². The Hall–Kier alpha value is -4.13. The van der Waals surface area contributed by atoms with Gasteiger partial charge in [0.25, 0.3) is 5.56 Å². The van der Waals surface area contributed by atoms with Crippen LogP contribution in [0.25, 0.3) is 11.4 Å². The van der Waals surface area contributed by atoms with Crippen LogP contribution >= 0.6 is 0 Å². The predicted octanol–water partition coefficient (Wildman–Crippen LogP) is 4.37. The highest BCUT2D eigenvalue weighted by Crippen LogP contribution is 2.40. The zero-order chi connectivity index (χ0) is 26.8. The van der Waals surface area contributed by atoms with E-state index in [1.807, 2.05) is 0 Å². The number of benzene rings is 1. The molecule has 0 radical (unpaired) electrons. The molecular weight excluding hydrogens is 495 g/mol. The first-order valence-electron chi connectivity index (χ1n) is 11.2. The highest BCUT2D eigenvalue weighted by atomic mass is 19.4. The smallest absolute Gasteiger partial charge is 0.420 e. The summed E-state index contributed by atoms with van der Waals surface area (Å²) in [6, 6.07) is 3.98. The van der Waals surface area contributed by atoms with Crippen LogP contribution in [-0.4, -0.2) is 46.4 Å². The Balaban J connectivity index is 1.48. The molecular formula is C24H24F3N5O5. The van der Waals surface area contributed by atoms with Crippen LogP contribution in [0.4, 0.5) is 29.3 Å². The highest BCUT2D eigenvalue weighted by molar-refractivity contribution is 6.00. The van der Waals surface area contributed by atoms with Crippen molar-refractivity contribution in [2.75, 3.05) is 30.5 Å². The lowest BCUT2D eigenvalue weighted by Crippen LogP contribution is -2.51. The van der Waals surface area contributed by atoms with Crippen LogP contribution in [0.2, 0.25) is 0 Å². The number of aromatic amines is 1. The number of hydrogen-bond donors (Lipinski definition) is 3. The van der Waals surface area contributed by atoms with E-state index in [4.69, 9.17) is 14.2 Å². The van der Waals surface area contributed by atoms with Crippen LogP contribution in [-0.2, 0) is 10.9 Å². The number of nitrogens with zero attached hydrogens (tertiary/aromatic N) is 2. The second kappa shape index (κ2) is 10.1. The van der Waals surface area contributed by atoms with Gasteiger partial charge in [-0.1, -0.05) is 0 Å². The second-order valence-corrected chi connectivity index (χ2v) is 8.54. The van der Waals surface area contributed by atoms with Crippen molar-refractivity contribution in [3.8, 4) is 22.9 Å². The van der Waals surface area contributed by atoms with Gasteiger partial charge in [-0.3, -0.25) is 4.79 Å². The number of pyridine rings is 1. The Bertz CT molecular complexity index is 1370. The van der Waals surface area contributed by atoms with Crippen LogP contribution in [0, 0.1) is 6.92 Å². The van der Waals surface area contributed by atoms with E-state index in [-0.39, 0.29) is 41.9 Å². The van der Waals surface area contributed by atoms with Gasteiger partial charge in [-0.2, -0.15) is 13.2 Å². The molecule has 0 aliphatic carbocycles. The quantitative estimate of drug-likeness (QED) is 0.423. The fraction of sp³-hybridized carbons (Fsp3) is 0.333. The van der Waals surface area contributed by atoms with Gasteiger partial charge in [-0.15, -0.1) is 0 Å². The molecule has 1 fully saturated rings. The Morgan fingerprint density at radius 1 is 1.22 bits per heavy atom. The number of carbonyl (C=O) groups is 1. The Labute approximate surface area is 209 Å². The molecule has 2 aromatic heterocycles. The number of amides is 2. The summed E-state index contributed by atoms with van der Waals surface area (Å²) in [5.41, 5.74) is -1.21. The number of urea groups is 1. The largest absolute Gasteiger partial charge is 0.488 e. The van der Waals surface area contributed by atoms with E-state index in [1.54, 1.807) is 20.8 Å². The first-order valence-corrected chi connectivity index (χ1v) is 11.2. The zero-order valence-electron chi connectivity index (χ0n) is 20.2. The third kappa shape index (κ3) is 6.00. The second-order valence-electron chi connectivity index (χ2n) is 8.54. The number of ether oxygens (including phenoxy) is 3. The van der Waals surface area contributed by atoms with Gasteiger partial charge in [-0.05, 0) is 45.0 Å². The lowest BCUT2D eigenvalue weighted by atomic mass is 10.0. The van der Waals surface area contributed by atoms with Crippen molar-refractivity contribution >= 4 is 17.4 Å². The zero-order valence-corrected chi connectivity index (χ0v) is 20.2. The molecule has 0 bridgehead atoms. The Morgan fingerprint density at radius 2 is 1.97 bits per heavy atom. The van der Waals surface area contributed by atoms with E-state index in [0.29, 0.717) is 17.9 Å². The van der Waals surface area contributed by atoms with Gasteiger partial charge in [0.2, 0.25) is 0 Å². The van der Waals surface area contributed by atoms with Crippen molar-refractivity contribution in [2.45, 2.75) is 32.5 Å². The van der Waals surface area contributed by atoms with Crippen molar-refractivity contribution in [1.82, 2.24) is 15.0 Å². The van der Waals surface area contributed by atoms with Gasteiger partial charge in [0.05, 0.1) is 43.0 Å². The first-order chi connectivity index (χ1) is 17.5. The molecule has 0 saturated carbocycles. The van der Waals surface area contributed by atoms with E-state index in [9.17, 15) is 22.8 Å². The number of anilines is 2. The van der Waals surface area contributed by atoms with E-state index in [2.05, 4.69) is 25.6 Å². The molecule has 10 nitrogen and oxygen atoms in total. The summed E-state index contributed by atoms with van der Waals surface area (Å²) < 4.78 is 56.8. The Kier molecular flexibility index (Phi) is 7.07. The Morgan fingerprint density at radius 3 is 2.59 bits per heavy atom. The molecule has 1 aliphatic heterocycles. The molecule has 3 N–H and O–H groups in total. The molecule has 4 rings (SSSR count). The molecule has 3 aromatic rings. The molecule has 0 unspecified atom stereocenters. The highest BCUT2D eigenvalue weighted by Gasteiger charge is 2.40. The maximum atomic E-state index is 13.6. The van der Waals surface area contributed by atoms with Crippen molar-refractivity contribution < 1.29 is 32.2 Å². The molecule has 0 spiro atoms. The van der Waals surface area contributed by atoms with Crippen LogP contribution in [0.3, 0.4) is 0 Å². The summed E-state index contributed by atoms with van der Waals surface area (Å²) in [6.07, 6.45) is -1.92. The molecule has 3 heterocycles. The van der Waals surface area contributed by atoms with Gasteiger partial charge in [0, 0.05) is 17.4 Å². The lowest BCUT2D eigenvalue weighted by Gasteiger charge is -2.38. The van der Waals surface area contributed by atoms with Crippen LogP contribution in [0.15, 0.2) is 41.5 Å². The van der Waals surface area contributed by atoms with Crippen molar-refractivity contribution in [2.24, 2.45) is 0 Å². The molecule has 37 heavy (non-hydrogen) atoms. The normalized spacial score (nSPS) is 14.4. The van der Waals surface area contributed by atoms with Crippen molar-refractivity contribution in [3.63, 3.8) is 0 Å². The number of aryl methyl sites for hydroxylation is 1. The van der Waals surface area contributed by atoms with Gasteiger partial charge in [-0.25, -0.2) is 14.8 Å². The third-order valence-electron chi connectivity index (χ3n) is 5.37. The molecule has 1 aliphatic rings. The number of aromatic nitrogens is 3. The molecule has 1 aromatic carbocycles. The van der Waals surface area contributed by atoms with Gasteiger partial charge >= 0.3 is 12.2 Å². The molecule has 0 atom stereocenters. The number of alkyl halides is 3. The van der Waals surface area contributed by atoms with Gasteiger partial charge < -0.3 is 29.8 Å². The van der Waals surface area contributed by atoms with Crippen molar-refractivity contribution in [3.05, 3.63) is 58.3 Å². The van der Waals surface area contributed by atoms with Crippen LogP contribution in [0.1, 0.15) is 25.1 Å². The maximum Gasteiger partial charge on any atom is 0.420 e. The summed E-state index contributed by atoms with van der Waals surface area (Å²) in [5, 5.41) is 4.90. The summed E-state index contributed by atoms with van der Waals surface area (Å²) in [7, 11) is 0. The number of H-pyrrole nitrogens is 1. The minimum atomic E-state index is -4.70. The fourth-order valence-electron chi connectivity index (χ4n) is 3.50. The lowest BCUT2D eigenvalue weighted by molar-refractivity contribution is -0.160. The summed E-state index contributed by atoms with van der Waals surface area (Å²) in [4.78, 5) is 35.4. The SMILES string of the molecule is CCOc1cc(-c2ncc(NC(=O)Nc3ccc(OC4(C)COC4)c(C(F)(F)F)c3)c(C)n2)c[nH]c1=O. The van der Waals surface area contributed by atoms with Gasteiger partial charge in [0.15, 0.2) is 17.2 Å². The minimum absolute atomic E-state index is 0.0842. The average molecular weight is 519 g/mol. The maximum absolute atomic E-state index is 13.6. The summed E-state index contributed by atoms with van der Waals surface area (Å²) in [6.45, 7) is 5.69. The van der Waals surface area contributed by atoms with Crippen LogP contribution < -0.4 is 25.7 Å². The minimum Gasteiger partial charge on any atom is -0.488 e. The first kappa shape index (κ1) is 25.9. The standard InChI is InChI=1S/C24H24F3N5O5/c1-4-36-19-7-14(9-29-21(19)33)20-28-10-17(13(2)30-20)32-22(34)31-15-5-6-18(16(8-15)24(25,26)27)37-23(3)11-35-12-23/h5-10H,4,11-12H2,1-3H3,(H,29,33)(H2,31,32,34). The van der Waals surface area contributed by atoms with E-state index in [1.165, 1.54) is 24.5 Å². The van der Waals surface area contributed by atoms with Crippen molar-refractivity contribution in [1.29, 1.82) is 0 Å². The van der Waals surface area contributed by atoms with E-state index >= 15 is 0 Å². The number of hydrogen-bond acceptors (Lipinski definition) is 7. The predicted molar refractivity (Wildman–Crippen MR) is 128 cm³/mol. The fourth-order valence-corrected chi connectivity index (χ4v) is 3.50. The summed E-state index contributed by atoms with van der Waals surface area (Å²) >= 11 is 0. The van der Waals surface area contributed by atoms with E-state index < -0.39 is 28.9 Å². The molecule has 2 amide bonds. The number of rotatable bonds is 7. The van der Waals surface area contributed by atoms with Gasteiger partial charge in [0.1, 0.15) is 5.75 Å².